The molecule has 1 fully saturated rings. The average Bonchev–Trinajstić information content (AvgIpc) is 2.67. The number of piperidine rings is 1. The molecule has 7 nitrogen and oxygen atoms in total. The summed E-state index contributed by atoms with van der Waals surface area (Å²) in [5.41, 5.74) is 2.41. The van der Waals surface area contributed by atoms with Gasteiger partial charge in [-0.15, -0.1) is 0 Å². The van der Waals surface area contributed by atoms with Crippen LogP contribution >= 0.6 is 0 Å². The Balaban J connectivity index is 1.63. The highest BCUT2D eigenvalue weighted by Crippen LogP contribution is 2.19. The second kappa shape index (κ2) is 8.23. The highest BCUT2D eigenvalue weighted by atomic mass is 16.5. The molecule has 1 aliphatic rings. The number of amides is 2. The van der Waals surface area contributed by atoms with E-state index in [-0.39, 0.29) is 24.3 Å². The molecule has 1 atom stereocenters. The van der Waals surface area contributed by atoms with Crippen LogP contribution in [-0.2, 0) is 20.9 Å². The van der Waals surface area contributed by atoms with Crippen molar-refractivity contribution in [3.8, 4) is 0 Å². The fourth-order valence-electron chi connectivity index (χ4n) is 3.32. The summed E-state index contributed by atoms with van der Waals surface area (Å²) in [6, 6.07) is 7.66. The zero-order chi connectivity index (χ0) is 18.5. The molecular weight excluding hydrogens is 332 g/mol. The number of aromatic nitrogens is 2. The minimum absolute atomic E-state index is 0.0369. The van der Waals surface area contributed by atoms with Crippen LogP contribution in [0.2, 0.25) is 0 Å². The molecule has 1 aromatic carbocycles. The van der Waals surface area contributed by atoms with Gasteiger partial charge < -0.3 is 14.5 Å². The molecule has 1 aromatic heterocycles. The van der Waals surface area contributed by atoms with E-state index in [1.807, 2.05) is 24.3 Å². The van der Waals surface area contributed by atoms with E-state index in [0.29, 0.717) is 19.6 Å². The van der Waals surface area contributed by atoms with E-state index >= 15 is 0 Å². The van der Waals surface area contributed by atoms with E-state index in [9.17, 15) is 9.59 Å². The van der Waals surface area contributed by atoms with Gasteiger partial charge in [-0.1, -0.05) is 12.1 Å². The van der Waals surface area contributed by atoms with Gasteiger partial charge in [-0.2, -0.15) is 0 Å². The highest BCUT2D eigenvalue weighted by molar-refractivity contribution is 5.82. The van der Waals surface area contributed by atoms with Gasteiger partial charge in [-0.3, -0.25) is 14.6 Å². The van der Waals surface area contributed by atoms with E-state index < -0.39 is 0 Å². The van der Waals surface area contributed by atoms with Crippen LogP contribution in [0.4, 0.5) is 0 Å². The number of benzene rings is 1. The predicted octanol–water partition coefficient (Wildman–Crippen LogP) is 1.47. The van der Waals surface area contributed by atoms with Crippen molar-refractivity contribution in [2.75, 3.05) is 33.9 Å². The molecule has 1 aliphatic heterocycles. The molecule has 138 valence electrons. The molecule has 0 N–H and O–H groups in total. The molecule has 2 amide bonds. The van der Waals surface area contributed by atoms with Gasteiger partial charge in [0.05, 0.1) is 35.4 Å². The SMILES string of the molecule is COCC(=O)N1CCC[C@H](C(=O)N(C)Cc2cnc3ccccc3n2)C1. The first-order chi connectivity index (χ1) is 12.6. The third-order valence-corrected chi connectivity index (χ3v) is 4.66. The van der Waals surface area contributed by atoms with Crippen LogP contribution in [0.1, 0.15) is 18.5 Å². The summed E-state index contributed by atoms with van der Waals surface area (Å²) >= 11 is 0. The zero-order valence-corrected chi connectivity index (χ0v) is 15.2. The maximum absolute atomic E-state index is 12.8. The normalized spacial score (nSPS) is 17.3. The van der Waals surface area contributed by atoms with Crippen LogP contribution in [0.15, 0.2) is 30.5 Å². The summed E-state index contributed by atoms with van der Waals surface area (Å²) in [5, 5.41) is 0. The average molecular weight is 356 g/mol. The number of fused-ring (bicyclic) bond motifs is 1. The fourth-order valence-corrected chi connectivity index (χ4v) is 3.32. The number of hydrogen-bond donors (Lipinski definition) is 0. The van der Waals surface area contributed by atoms with Crippen LogP contribution in [-0.4, -0.2) is 65.4 Å². The molecule has 0 spiro atoms. The van der Waals surface area contributed by atoms with E-state index in [1.165, 1.54) is 7.11 Å². The Morgan fingerprint density at radius 3 is 2.85 bits per heavy atom. The number of carbonyl (C=O) groups excluding carboxylic acids is 2. The van der Waals surface area contributed by atoms with E-state index in [1.54, 1.807) is 23.0 Å². The van der Waals surface area contributed by atoms with Crippen LogP contribution in [0.3, 0.4) is 0 Å². The van der Waals surface area contributed by atoms with E-state index in [2.05, 4.69) is 9.97 Å². The number of carbonyl (C=O) groups is 2. The Kier molecular flexibility index (Phi) is 5.78. The number of rotatable bonds is 5. The van der Waals surface area contributed by atoms with Gasteiger partial charge in [0, 0.05) is 27.2 Å². The molecule has 26 heavy (non-hydrogen) atoms. The molecule has 1 saturated heterocycles. The number of likely N-dealkylation sites (tertiary alicyclic amines) is 1. The van der Waals surface area contributed by atoms with Crippen molar-refractivity contribution in [2.24, 2.45) is 5.92 Å². The summed E-state index contributed by atoms with van der Waals surface area (Å²) < 4.78 is 4.91. The van der Waals surface area contributed by atoms with Gasteiger partial charge in [-0.05, 0) is 25.0 Å². The summed E-state index contributed by atoms with van der Waals surface area (Å²) in [5.74, 6) is -0.203. The third kappa shape index (κ3) is 4.16. The largest absolute Gasteiger partial charge is 0.375 e. The third-order valence-electron chi connectivity index (χ3n) is 4.66. The monoisotopic (exact) mass is 356 g/mol. The maximum Gasteiger partial charge on any atom is 0.248 e. The van der Waals surface area contributed by atoms with Gasteiger partial charge in [0.15, 0.2) is 0 Å². The number of hydrogen-bond acceptors (Lipinski definition) is 5. The van der Waals surface area contributed by atoms with Gasteiger partial charge in [0.1, 0.15) is 6.61 Å². The lowest BCUT2D eigenvalue weighted by Gasteiger charge is -2.33. The van der Waals surface area contributed by atoms with E-state index in [4.69, 9.17) is 4.74 Å². The second-order valence-corrected chi connectivity index (χ2v) is 6.66. The van der Waals surface area contributed by atoms with Crippen molar-refractivity contribution in [3.05, 3.63) is 36.2 Å². The summed E-state index contributed by atoms with van der Waals surface area (Å²) in [7, 11) is 3.28. The molecular formula is C19H24N4O3. The van der Waals surface area contributed by atoms with Gasteiger partial charge >= 0.3 is 0 Å². The lowest BCUT2D eigenvalue weighted by Crippen LogP contribution is -2.46. The smallest absolute Gasteiger partial charge is 0.248 e. The first kappa shape index (κ1) is 18.3. The zero-order valence-electron chi connectivity index (χ0n) is 15.2. The lowest BCUT2D eigenvalue weighted by molar-refractivity contribution is -0.142. The van der Waals surface area contributed by atoms with Gasteiger partial charge in [0.25, 0.3) is 0 Å². The topological polar surface area (TPSA) is 75.6 Å². The molecule has 0 bridgehead atoms. The van der Waals surface area contributed by atoms with Crippen molar-refractivity contribution in [2.45, 2.75) is 19.4 Å². The minimum atomic E-state index is -0.178. The van der Waals surface area contributed by atoms with Crippen LogP contribution in [0.5, 0.6) is 0 Å². The number of methoxy groups -OCH3 is 1. The minimum Gasteiger partial charge on any atom is -0.375 e. The summed E-state index contributed by atoms with van der Waals surface area (Å²) in [6.07, 6.45) is 3.33. The van der Waals surface area contributed by atoms with Crippen LogP contribution in [0, 0.1) is 5.92 Å². The number of ether oxygens (including phenoxy) is 1. The Labute approximate surface area is 153 Å². The molecule has 0 aliphatic carbocycles. The lowest BCUT2D eigenvalue weighted by atomic mass is 9.96. The molecule has 2 aromatic rings. The first-order valence-corrected chi connectivity index (χ1v) is 8.81. The number of nitrogens with zero attached hydrogens (tertiary/aromatic N) is 4. The van der Waals surface area contributed by atoms with Crippen molar-refractivity contribution in [1.82, 2.24) is 19.8 Å². The molecule has 0 saturated carbocycles. The fraction of sp³-hybridized carbons (Fsp3) is 0.474. The highest BCUT2D eigenvalue weighted by Gasteiger charge is 2.30. The summed E-state index contributed by atoms with van der Waals surface area (Å²) in [4.78, 5) is 37.2. The molecule has 3 rings (SSSR count). The Hall–Kier alpha value is -2.54. The van der Waals surface area contributed by atoms with Gasteiger partial charge in [-0.25, -0.2) is 4.98 Å². The Morgan fingerprint density at radius 1 is 1.31 bits per heavy atom. The molecule has 0 radical (unpaired) electrons. The molecule has 7 heteroatoms. The molecule has 2 heterocycles. The summed E-state index contributed by atoms with van der Waals surface area (Å²) in [6.45, 7) is 1.60. The van der Waals surface area contributed by atoms with Crippen molar-refractivity contribution in [1.29, 1.82) is 0 Å². The van der Waals surface area contributed by atoms with Crippen molar-refractivity contribution in [3.63, 3.8) is 0 Å². The number of para-hydroxylation sites is 2. The Morgan fingerprint density at radius 2 is 2.08 bits per heavy atom. The quantitative estimate of drug-likeness (QED) is 0.811. The second-order valence-electron chi connectivity index (χ2n) is 6.66. The van der Waals surface area contributed by atoms with Crippen LogP contribution < -0.4 is 0 Å². The standard InChI is InChI=1S/C19H24N4O3/c1-22(12-15-10-20-16-7-3-4-8-17(16)21-15)19(25)14-6-5-9-23(11-14)18(24)13-26-2/h3-4,7-8,10,14H,5-6,9,11-13H2,1-2H3/t14-/m0/s1. The maximum atomic E-state index is 12.8. The first-order valence-electron chi connectivity index (χ1n) is 8.81. The Bertz CT molecular complexity index is 795. The van der Waals surface area contributed by atoms with Crippen LogP contribution in [0.25, 0.3) is 11.0 Å². The van der Waals surface area contributed by atoms with Gasteiger partial charge in [0.2, 0.25) is 11.8 Å². The van der Waals surface area contributed by atoms with E-state index in [0.717, 1.165) is 29.6 Å². The van der Waals surface area contributed by atoms with Crippen molar-refractivity contribution < 1.29 is 14.3 Å². The predicted molar refractivity (Wildman–Crippen MR) is 97.2 cm³/mol. The molecule has 0 unspecified atom stereocenters. The van der Waals surface area contributed by atoms with Crippen molar-refractivity contribution >= 4 is 22.8 Å².